The number of hydrogen-bond acceptors (Lipinski definition) is 3. The zero-order chi connectivity index (χ0) is 27.7. The summed E-state index contributed by atoms with van der Waals surface area (Å²) in [5, 5.41) is 0. The molecule has 2 aromatic carbocycles. The van der Waals surface area contributed by atoms with Crippen molar-refractivity contribution in [2.45, 2.75) is 107 Å². The SMILES string of the molecule is CCCc1cc(C)cc(CCC)c1N=C(C)c1cccc(C(C)=Nc2c(CCC)cc(C)cc2CCC)n1.[Cl-].[Cl-].[Co+2]. The van der Waals surface area contributed by atoms with Crippen LogP contribution >= 0.6 is 0 Å². The average Bonchev–Trinajstić information content (AvgIpc) is 2.88. The summed E-state index contributed by atoms with van der Waals surface area (Å²) < 4.78 is 0. The normalized spacial score (nSPS) is 11.4. The van der Waals surface area contributed by atoms with Crippen LogP contribution in [0.3, 0.4) is 0 Å². The third-order valence-electron chi connectivity index (χ3n) is 6.95. The Labute approximate surface area is 272 Å². The molecule has 0 fully saturated rings. The van der Waals surface area contributed by atoms with Gasteiger partial charge < -0.3 is 24.8 Å². The number of aliphatic imine (C=N–C) groups is 2. The van der Waals surface area contributed by atoms with E-state index in [1.807, 2.05) is 0 Å². The molecule has 0 aliphatic carbocycles. The van der Waals surface area contributed by atoms with E-state index in [1.54, 1.807) is 0 Å². The fourth-order valence-electron chi connectivity index (χ4n) is 5.28. The molecule has 3 rings (SSSR count). The molecule has 0 spiro atoms. The molecule has 0 amide bonds. The molecule has 6 heteroatoms. The Morgan fingerprint density at radius 2 is 0.878 bits per heavy atom. The summed E-state index contributed by atoms with van der Waals surface area (Å²) in [4.78, 5) is 15.4. The monoisotopic (exact) mass is 638 g/mol. The van der Waals surface area contributed by atoms with Crippen molar-refractivity contribution in [3.8, 4) is 0 Å². The van der Waals surface area contributed by atoms with E-state index in [1.165, 1.54) is 33.4 Å². The van der Waals surface area contributed by atoms with Crippen molar-refractivity contribution in [2.24, 2.45) is 9.98 Å². The Bertz CT molecular complexity index is 1160. The molecule has 1 heterocycles. The number of hydrogen-bond donors (Lipinski definition) is 0. The maximum absolute atomic E-state index is 5.19. The van der Waals surface area contributed by atoms with Crippen LogP contribution in [-0.2, 0) is 42.5 Å². The van der Waals surface area contributed by atoms with Gasteiger partial charge in [0.2, 0.25) is 0 Å². The van der Waals surface area contributed by atoms with Gasteiger partial charge in [-0.05, 0) is 87.8 Å². The Morgan fingerprint density at radius 1 is 0.585 bits per heavy atom. The van der Waals surface area contributed by atoms with E-state index in [4.69, 9.17) is 15.0 Å². The number of nitrogens with zero attached hydrogens (tertiary/aromatic N) is 3. The van der Waals surface area contributed by atoms with E-state index >= 15 is 0 Å². The minimum Gasteiger partial charge on any atom is -1.00 e. The summed E-state index contributed by atoms with van der Waals surface area (Å²) in [5.41, 5.74) is 14.0. The molecule has 0 saturated heterocycles. The Hall–Kier alpha value is -1.98. The molecule has 0 N–H and O–H groups in total. The van der Waals surface area contributed by atoms with Gasteiger partial charge in [-0.2, -0.15) is 0 Å². The van der Waals surface area contributed by atoms with E-state index in [-0.39, 0.29) is 41.6 Å². The van der Waals surface area contributed by atoms with E-state index < -0.39 is 0 Å². The van der Waals surface area contributed by atoms with Crippen molar-refractivity contribution in [3.05, 3.63) is 87.2 Å². The summed E-state index contributed by atoms with van der Waals surface area (Å²) in [6.07, 6.45) is 8.61. The molecule has 1 radical (unpaired) electrons. The molecule has 0 aliphatic heterocycles. The summed E-state index contributed by atoms with van der Waals surface area (Å²) in [6, 6.07) is 15.4. The van der Waals surface area contributed by atoms with E-state index in [0.29, 0.717) is 0 Å². The molecule has 0 unspecified atom stereocenters. The molecule has 0 aliphatic rings. The molecule has 225 valence electrons. The summed E-state index contributed by atoms with van der Waals surface area (Å²) >= 11 is 0. The smallest absolute Gasteiger partial charge is 1.00 e. The van der Waals surface area contributed by atoms with Gasteiger partial charge in [0.1, 0.15) is 0 Å². The van der Waals surface area contributed by atoms with Crippen LogP contribution in [0.5, 0.6) is 0 Å². The molecule has 41 heavy (non-hydrogen) atoms. The number of benzene rings is 2. The molecule has 3 nitrogen and oxygen atoms in total. The second-order valence-electron chi connectivity index (χ2n) is 10.7. The van der Waals surface area contributed by atoms with Gasteiger partial charge in [0.15, 0.2) is 0 Å². The van der Waals surface area contributed by atoms with Crippen LogP contribution in [0.1, 0.15) is 112 Å². The topological polar surface area (TPSA) is 37.6 Å². The summed E-state index contributed by atoms with van der Waals surface area (Å²) in [7, 11) is 0. The maximum Gasteiger partial charge on any atom is 2.00 e. The Kier molecular flexibility index (Phi) is 18.3. The van der Waals surface area contributed by atoms with Crippen LogP contribution in [0, 0.1) is 13.8 Å². The van der Waals surface area contributed by atoms with Crippen LogP contribution in [-0.4, -0.2) is 16.4 Å². The van der Waals surface area contributed by atoms with Gasteiger partial charge >= 0.3 is 16.8 Å². The van der Waals surface area contributed by atoms with Gasteiger partial charge in [-0.1, -0.05) is 94.8 Å². The second kappa shape index (κ2) is 19.3. The first-order chi connectivity index (χ1) is 18.3. The first-order valence-electron chi connectivity index (χ1n) is 14.6. The minimum atomic E-state index is 0. The second-order valence-corrected chi connectivity index (χ2v) is 10.7. The molecule has 0 saturated carbocycles. The van der Waals surface area contributed by atoms with Crippen LogP contribution in [0.25, 0.3) is 0 Å². The van der Waals surface area contributed by atoms with Gasteiger partial charge in [-0.3, -0.25) is 9.98 Å². The standard InChI is InChI=1S/C35H47N3.2ClH.Co/c1-9-14-28-20-24(5)21-29(15-10-2)34(28)36-26(7)32-18-13-19-33(38-32)27(8)37-35-30(16-11-3)22-25(6)23-31(35)17-12-4;;;/h13,18-23H,9-12,14-17H2,1-8H3;2*1H;/q;;;+2/p-2. The minimum absolute atomic E-state index is 0. The van der Waals surface area contributed by atoms with Crippen molar-refractivity contribution < 1.29 is 41.6 Å². The quantitative estimate of drug-likeness (QED) is 0.278. The number of pyridine rings is 1. The van der Waals surface area contributed by atoms with Gasteiger partial charge in [0, 0.05) is 0 Å². The zero-order valence-corrected chi connectivity index (χ0v) is 28.7. The summed E-state index contributed by atoms with van der Waals surface area (Å²) in [6.45, 7) is 17.5. The number of aromatic nitrogens is 1. The van der Waals surface area contributed by atoms with Crippen LogP contribution in [0.4, 0.5) is 11.4 Å². The molecular weight excluding hydrogens is 592 g/mol. The van der Waals surface area contributed by atoms with E-state index in [0.717, 1.165) is 85.6 Å². The Morgan fingerprint density at radius 3 is 1.15 bits per heavy atom. The zero-order valence-electron chi connectivity index (χ0n) is 26.1. The fourth-order valence-corrected chi connectivity index (χ4v) is 5.28. The predicted octanol–water partition coefficient (Wildman–Crippen LogP) is 3.80. The van der Waals surface area contributed by atoms with Crippen molar-refractivity contribution in [3.63, 3.8) is 0 Å². The number of rotatable bonds is 12. The van der Waals surface area contributed by atoms with Crippen molar-refractivity contribution in [1.82, 2.24) is 4.98 Å². The van der Waals surface area contributed by atoms with Gasteiger partial charge in [-0.25, -0.2) is 4.98 Å². The molecular formula is C35H47Cl2CoN3. The molecule has 0 atom stereocenters. The largest absolute Gasteiger partial charge is 2.00 e. The van der Waals surface area contributed by atoms with Gasteiger partial charge in [0.25, 0.3) is 0 Å². The predicted molar refractivity (Wildman–Crippen MR) is 166 cm³/mol. The van der Waals surface area contributed by atoms with Gasteiger partial charge in [0.05, 0.1) is 34.2 Å². The third kappa shape index (κ3) is 10.7. The van der Waals surface area contributed by atoms with Crippen LogP contribution < -0.4 is 24.8 Å². The number of halogens is 2. The first-order valence-corrected chi connectivity index (χ1v) is 14.6. The third-order valence-corrected chi connectivity index (χ3v) is 6.95. The van der Waals surface area contributed by atoms with Crippen molar-refractivity contribution in [1.29, 1.82) is 0 Å². The Balaban J connectivity index is 0.00000533. The molecule has 0 bridgehead atoms. The first kappa shape index (κ1) is 39.0. The number of aryl methyl sites for hydroxylation is 6. The maximum atomic E-state index is 5.19. The average molecular weight is 640 g/mol. The van der Waals surface area contributed by atoms with Crippen LogP contribution in [0.15, 0.2) is 52.4 Å². The molecule has 1 aromatic heterocycles. The summed E-state index contributed by atoms with van der Waals surface area (Å²) in [5.74, 6) is 0. The fraction of sp³-hybridized carbons (Fsp3) is 0.457. The van der Waals surface area contributed by atoms with E-state index in [9.17, 15) is 0 Å². The van der Waals surface area contributed by atoms with Crippen molar-refractivity contribution >= 4 is 22.8 Å². The van der Waals surface area contributed by atoms with Crippen molar-refractivity contribution in [2.75, 3.05) is 0 Å². The molecule has 3 aromatic rings. The van der Waals surface area contributed by atoms with E-state index in [2.05, 4.69) is 97.9 Å². The van der Waals surface area contributed by atoms with Crippen LogP contribution in [0.2, 0.25) is 0 Å². The van der Waals surface area contributed by atoms with Gasteiger partial charge in [-0.15, -0.1) is 0 Å².